The van der Waals surface area contributed by atoms with Gasteiger partial charge in [-0.3, -0.25) is 0 Å². The van der Waals surface area contributed by atoms with Crippen LogP contribution in [0.15, 0.2) is 91.6 Å². The molecule has 2 nitrogen and oxygen atoms in total. The summed E-state index contributed by atoms with van der Waals surface area (Å²) in [4.78, 5) is 2.31. The molecule has 0 saturated heterocycles. The second-order valence-corrected chi connectivity index (χ2v) is 6.60. The first-order chi connectivity index (χ1) is 12.1. The van der Waals surface area contributed by atoms with Crippen LogP contribution in [0.2, 0.25) is 0 Å². The lowest BCUT2D eigenvalue weighted by Gasteiger charge is -2.26. The number of rotatable bonds is 8. The van der Waals surface area contributed by atoms with Crippen LogP contribution in [0.1, 0.15) is 24.0 Å². The first-order valence-corrected chi connectivity index (χ1v) is 8.70. The van der Waals surface area contributed by atoms with Gasteiger partial charge in [-0.05, 0) is 41.7 Å². The molecule has 2 aromatic rings. The maximum atomic E-state index is 10.3. The molecule has 0 radical (unpaired) electrons. The fourth-order valence-electron chi connectivity index (χ4n) is 2.99. The van der Waals surface area contributed by atoms with Crippen LogP contribution < -0.4 is 4.90 Å². The van der Waals surface area contributed by atoms with Gasteiger partial charge in [0.25, 0.3) is 0 Å². The van der Waals surface area contributed by atoms with E-state index in [1.807, 2.05) is 30.4 Å². The summed E-state index contributed by atoms with van der Waals surface area (Å²) in [6.07, 6.45) is 7.39. The molecule has 1 fully saturated rings. The van der Waals surface area contributed by atoms with Crippen LogP contribution in [0.5, 0.6) is 0 Å². The molecule has 2 aromatic carbocycles. The smallest absolute Gasteiger partial charge is 0.0899 e. The van der Waals surface area contributed by atoms with Crippen LogP contribution in [0.3, 0.4) is 0 Å². The zero-order valence-corrected chi connectivity index (χ0v) is 14.6. The Kier molecular flexibility index (Phi) is 5.20. The van der Waals surface area contributed by atoms with Gasteiger partial charge in [-0.1, -0.05) is 73.9 Å². The Bertz CT molecular complexity index is 754. The summed E-state index contributed by atoms with van der Waals surface area (Å²) < 4.78 is 0. The van der Waals surface area contributed by atoms with Gasteiger partial charge < -0.3 is 10.0 Å². The molecule has 0 atom stereocenters. The number of hydrogen-bond acceptors (Lipinski definition) is 2. The standard InChI is InChI=1S/C23H25NO/c1-3-8-19(4-2)17-24(18-20-9-6-5-7-10-20)22-13-11-21(12-14-22)23(25)15-16-23/h3-14,25H,1-2,15-18H2/b19-8+. The van der Waals surface area contributed by atoms with Crippen molar-refractivity contribution in [3.05, 3.63) is 103 Å². The van der Waals surface area contributed by atoms with Crippen LogP contribution in [-0.4, -0.2) is 11.7 Å². The molecule has 1 aliphatic rings. The zero-order chi connectivity index (χ0) is 17.7. The number of anilines is 1. The Morgan fingerprint density at radius 2 is 1.72 bits per heavy atom. The van der Waals surface area contributed by atoms with Crippen LogP contribution in [0, 0.1) is 0 Å². The summed E-state index contributed by atoms with van der Waals surface area (Å²) in [6.45, 7) is 9.27. The van der Waals surface area contributed by atoms with E-state index in [0.29, 0.717) is 0 Å². The van der Waals surface area contributed by atoms with Crippen molar-refractivity contribution < 1.29 is 5.11 Å². The highest BCUT2D eigenvalue weighted by Crippen LogP contribution is 2.45. The van der Waals surface area contributed by atoms with E-state index in [4.69, 9.17) is 0 Å². The van der Waals surface area contributed by atoms with Crippen molar-refractivity contribution in [2.24, 2.45) is 0 Å². The third-order valence-electron chi connectivity index (χ3n) is 4.68. The molecular formula is C23H25NO. The largest absolute Gasteiger partial charge is 0.385 e. The van der Waals surface area contributed by atoms with E-state index in [0.717, 1.165) is 42.8 Å². The number of hydrogen-bond donors (Lipinski definition) is 1. The van der Waals surface area contributed by atoms with E-state index >= 15 is 0 Å². The lowest BCUT2D eigenvalue weighted by Crippen LogP contribution is -2.25. The molecule has 0 aromatic heterocycles. The van der Waals surface area contributed by atoms with Crippen molar-refractivity contribution in [2.45, 2.75) is 25.0 Å². The molecule has 2 heteroatoms. The quantitative estimate of drug-likeness (QED) is 0.690. The van der Waals surface area contributed by atoms with Crippen molar-refractivity contribution >= 4 is 5.69 Å². The highest BCUT2D eigenvalue weighted by Gasteiger charge is 2.41. The molecule has 0 aliphatic heterocycles. The molecule has 1 saturated carbocycles. The minimum absolute atomic E-state index is 0.586. The fourth-order valence-corrected chi connectivity index (χ4v) is 2.99. The van der Waals surface area contributed by atoms with E-state index in [1.165, 1.54) is 5.56 Å². The van der Waals surface area contributed by atoms with Gasteiger partial charge in [0.1, 0.15) is 0 Å². The highest BCUT2D eigenvalue weighted by molar-refractivity contribution is 5.51. The Morgan fingerprint density at radius 1 is 1.04 bits per heavy atom. The molecule has 25 heavy (non-hydrogen) atoms. The van der Waals surface area contributed by atoms with Gasteiger partial charge in [-0.2, -0.15) is 0 Å². The highest BCUT2D eigenvalue weighted by atomic mass is 16.3. The Hall–Kier alpha value is -2.58. The average molecular weight is 331 g/mol. The van der Waals surface area contributed by atoms with Gasteiger partial charge in [-0.25, -0.2) is 0 Å². The van der Waals surface area contributed by atoms with Crippen LogP contribution >= 0.6 is 0 Å². The molecule has 1 aliphatic carbocycles. The molecular weight excluding hydrogens is 306 g/mol. The summed E-state index contributed by atoms with van der Waals surface area (Å²) in [5.41, 5.74) is 3.94. The van der Waals surface area contributed by atoms with Gasteiger partial charge >= 0.3 is 0 Å². The van der Waals surface area contributed by atoms with E-state index in [-0.39, 0.29) is 0 Å². The number of benzene rings is 2. The summed E-state index contributed by atoms with van der Waals surface area (Å²) in [7, 11) is 0. The second kappa shape index (κ2) is 7.54. The molecule has 0 unspecified atom stereocenters. The number of allylic oxidation sites excluding steroid dienone is 2. The fraction of sp³-hybridized carbons (Fsp3) is 0.217. The van der Waals surface area contributed by atoms with Gasteiger partial charge in [-0.15, -0.1) is 0 Å². The van der Waals surface area contributed by atoms with Crippen LogP contribution in [0.25, 0.3) is 0 Å². The predicted molar refractivity (Wildman–Crippen MR) is 106 cm³/mol. The van der Waals surface area contributed by atoms with Gasteiger partial charge in [0, 0.05) is 18.8 Å². The summed E-state index contributed by atoms with van der Waals surface area (Å²) in [5.74, 6) is 0. The monoisotopic (exact) mass is 331 g/mol. The van der Waals surface area contributed by atoms with Crippen molar-refractivity contribution in [1.29, 1.82) is 0 Å². The summed E-state index contributed by atoms with van der Waals surface area (Å²) in [5, 5.41) is 10.3. The Morgan fingerprint density at radius 3 is 2.28 bits per heavy atom. The van der Waals surface area contributed by atoms with Gasteiger partial charge in [0.15, 0.2) is 0 Å². The number of aliphatic hydroxyl groups is 1. The average Bonchev–Trinajstić information content (AvgIpc) is 3.40. The zero-order valence-electron chi connectivity index (χ0n) is 14.6. The Balaban J connectivity index is 1.85. The minimum Gasteiger partial charge on any atom is -0.385 e. The lowest BCUT2D eigenvalue weighted by molar-refractivity contribution is 0.151. The van der Waals surface area contributed by atoms with E-state index < -0.39 is 5.60 Å². The van der Waals surface area contributed by atoms with E-state index in [1.54, 1.807) is 6.08 Å². The van der Waals surface area contributed by atoms with Crippen molar-refractivity contribution in [1.82, 2.24) is 0 Å². The van der Waals surface area contributed by atoms with E-state index in [9.17, 15) is 5.11 Å². The van der Waals surface area contributed by atoms with E-state index in [2.05, 4.69) is 54.5 Å². The molecule has 0 bridgehead atoms. The molecule has 128 valence electrons. The molecule has 0 heterocycles. The maximum absolute atomic E-state index is 10.3. The second-order valence-electron chi connectivity index (χ2n) is 6.60. The lowest BCUT2D eigenvalue weighted by atomic mass is 10.1. The topological polar surface area (TPSA) is 23.5 Å². The third kappa shape index (κ3) is 4.28. The SMILES string of the molecule is C=C/C=C(\C=C)CN(Cc1ccccc1)c1ccc(C2(O)CC2)cc1. The molecule has 1 N–H and O–H groups in total. The molecule has 0 amide bonds. The van der Waals surface area contributed by atoms with Crippen molar-refractivity contribution in [2.75, 3.05) is 11.4 Å². The summed E-state index contributed by atoms with van der Waals surface area (Å²) >= 11 is 0. The number of nitrogens with zero attached hydrogens (tertiary/aromatic N) is 1. The van der Waals surface area contributed by atoms with Crippen LogP contribution in [-0.2, 0) is 12.1 Å². The van der Waals surface area contributed by atoms with Gasteiger partial charge in [0.2, 0.25) is 0 Å². The Labute approximate surface area is 150 Å². The first kappa shape index (κ1) is 17.2. The normalized spacial score (nSPS) is 15.5. The van der Waals surface area contributed by atoms with Crippen LogP contribution in [0.4, 0.5) is 5.69 Å². The third-order valence-corrected chi connectivity index (χ3v) is 4.68. The summed E-state index contributed by atoms with van der Waals surface area (Å²) in [6, 6.07) is 18.7. The molecule has 0 spiro atoms. The van der Waals surface area contributed by atoms with Gasteiger partial charge in [0.05, 0.1) is 5.60 Å². The van der Waals surface area contributed by atoms with Crippen molar-refractivity contribution in [3.8, 4) is 0 Å². The first-order valence-electron chi connectivity index (χ1n) is 8.70. The predicted octanol–water partition coefficient (Wildman–Crippen LogP) is 4.97. The molecule has 3 rings (SSSR count). The van der Waals surface area contributed by atoms with Crippen molar-refractivity contribution in [3.63, 3.8) is 0 Å². The maximum Gasteiger partial charge on any atom is 0.0899 e. The minimum atomic E-state index is -0.586.